The first-order chi connectivity index (χ1) is 6.48. The van der Waals surface area contributed by atoms with E-state index in [0.29, 0.717) is 0 Å². The zero-order valence-electron chi connectivity index (χ0n) is 9.37. The van der Waals surface area contributed by atoms with E-state index < -0.39 is 0 Å². The van der Waals surface area contributed by atoms with Crippen LogP contribution in [0.2, 0.25) is 0 Å². The van der Waals surface area contributed by atoms with Crippen molar-refractivity contribution >= 4 is 0 Å². The second-order valence-electron chi connectivity index (χ2n) is 6.54. The van der Waals surface area contributed by atoms with Crippen molar-refractivity contribution in [3.63, 3.8) is 0 Å². The fourth-order valence-electron chi connectivity index (χ4n) is 4.74. The Kier molecular flexibility index (Phi) is 1.66. The molecule has 0 unspecified atom stereocenters. The van der Waals surface area contributed by atoms with Gasteiger partial charge in [-0.15, -0.1) is 0 Å². The largest absolute Gasteiger partial charge is 0.217 e. The average molecular weight is 196 g/mol. The van der Waals surface area contributed by atoms with E-state index in [2.05, 4.69) is 0 Å². The summed E-state index contributed by atoms with van der Waals surface area (Å²) in [5.74, 6) is 2.81. The van der Waals surface area contributed by atoms with Gasteiger partial charge in [0, 0.05) is 19.3 Å². The van der Waals surface area contributed by atoms with E-state index >= 15 is 0 Å². The summed E-state index contributed by atoms with van der Waals surface area (Å²) < 4.78 is 0.219. The Morgan fingerprint density at radius 3 is 1.57 bits per heavy atom. The summed E-state index contributed by atoms with van der Waals surface area (Å²) in [6.07, 6.45) is 8.21. The van der Waals surface area contributed by atoms with Gasteiger partial charge in [-0.1, -0.05) is 0 Å². The Bertz CT molecular complexity index is 218. The monoisotopic (exact) mass is 196 g/mol. The number of hydrogen-bond acceptors (Lipinski definition) is 1. The second-order valence-corrected chi connectivity index (χ2v) is 6.54. The van der Waals surface area contributed by atoms with Crippen LogP contribution in [0.4, 0.5) is 0 Å². The molecule has 4 aliphatic rings. The van der Waals surface area contributed by atoms with Crippen LogP contribution < -0.4 is 0 Å². The first-order valence-corrected chi connectivity index (χ1v) is 6.05. The highest BCUT2D eigenvalue weighted by Crippen LogP contribution is 2.58. The predicted octanol–water partition coefficient (Wildman–Crippen LogP) is 2.42. The minimum Gasteiger partial charge on any atom is -0.217 e. The van der Waals surface area contributed by atoms with Crippen LogP contribution in [-0.4, -0.2) is 29.5 Å². The number of rotatable bonds is 1. The molecule has 0 aromatic heterocycles. The lowest BCUT2D eigenvalue weighted by atomic mass is 9.52. The standard InChI is InChI=1S/C12H22NO/c1-13(2,14)12-6-9-3-10(7-12)5-11(4-9)8-12/h9-11,14H,3-8H2,1-2H3/q+1. The highest BCUT2D eigenvalue weighted by Gasteiger charge is 2.59. The van der Waals surface area contributed by atoms with Gasteiger partial charge in [0.15, 0.2) is 0 Å². The number of hydrogen-bond donors (Lipinski definition) is 1. The number of quaternary nitrogens is 1. The molecule has 0 aromatic carbocycles. The third-order valence-electron chi connectivity index (χ3n) is 5.17. The summed E-state index contributed by atoms with van der Waals surface area (Å²) in [5.41, 5.74) is 0.231. The molecule has 80 valence electrons. The van der Waals surface area contributed by atoms with Gasteiger partial charge in [0.1, 0.15) is 5.54 Å². The molecule has 0 aliphatic heterocycles. The van der Waals surface area contributed by atoms with Gasteiger partial charge in [-0.2, -0.15) is 4.65 Å². The van der Waals surface area contributed by atoms with Gasteiger partial charge in [-0.05, 0) is 37.0 Å². The summed E-state index contributed by atoms with van der Waals surface area (Å²) in [7, 11) is 3.96. The van der Waals surface area contributed by atoms with Crippen LogP contribution in [0, 0.1) is 17.8 Å². The van der Waals surface area contributed by atoms with Gasteiger partial charge in [-0.3, -0.25) is 0 Å². The Labute approximate surface area is 86.5 Å². The van der Waals surface area contributed by atoms with E-state index in [1.54, 1.807) is 0 Å². The molecule has 0 aromatic rings. The van der Waals surface area contributed by atoms with Crippen molar-refractivity contribution in [2.24, 2.45) is 17.8 Å². The molecular formula is C12H22NO+. The van der Waals surface area contributed by atoms with E-state index in [1.807, 2.05) is 14.1 Å². The molecule has 0 spiro atoms. The summed E-state index contributed by atoms with van der Waals surface area (Å²) in [5, 5.41) is 10.3. The molecular weight excluding hydrogens is 174 g/mol. The Morgan fingerprint density at radius 1 is 0.929 bits per heavy atom. The van der Waals surface area contributed by atoms with E-state index in [1.165, 1.54) is 38.5 Å². The molecule has 4 saturated carbocycles. The van der Waals surface area contributed by atoms with Crippen molar-refractivity contribution in [2.45, 2.75) is 44.1 Å². The molecule has 0 radical (unpaired) electrons. The topological polar surface area (TPSA) is 20.2 Å². The zero-order chi connectivity index (χ0) is 9.97. The smallest absolute Gasteiger partial charge is 0.129 e. The van der Waals surface area contributed by atoms with Crippen LogP contribution in [-0.2, 0) is 0 Å². The van der Waals surface area contributed by atoms with E-state index in [0.717, 1.165) is 17.8 Å². The molecule has 14 heavy (non-hydrogen) atoms. The SMILES string of the molecule is C[N+](C)(O)C12CC3CC(CC(C3)C1)C2. The van der Waals surface area contributed by atoms with Gasteiger partial charge in [0.25, 0.3) is 0 Å². The van der Waals surface area contributed by atoms with Crippen molar-refractivity contribution in [3.05, 3.63) is 0 Å². The Hall–Kier alpha value is -0.0800. The van der Waals surface area contributed by atoms with Gasteiger partial charge in [0.05, 0.1) is 14.1 Å². The average Bonchev–Trinajstić information content (AvgIpc) is 1.98. The summed E-state index contributed by atoms with van der Waals surface area (Å²) in [6, 6.07) is 0. The lowest BCUT2D eigenvalue weighted by molar-refractivity contribution is -1.11. The zero-order valence-corrected chi connectivity index (χ0v) is 9.37. The lowest BCUT2D eigenvalue weighted by Crippen LogP contribution is -2.65. The molecule has 0 atom stereocenters. The fourth-order valence-corrected chi connectivity index (χ4v) is 4.74. The van der Waals surface area contributed by atoms with Crippen LogP contribution >= 0.6 is 0 Å². The number of hydroxylamine groups is 3. The molecule has 2 nitrogen and oxygen atoms in total. The van der Waals surface area contributed by atoms with Crippen molar-refractivity contribution in [2.75, 3.05) is 14.1 Å². The van der Waals surface area contributed by atoms with Gasteiger partial charge in [0.2, 0.25) is 0 Å². The molecule has 1 N–H and O–H groups in total. The molecule has 0 heterocycles. The molecule has 4 bridgehead atoms. The minimum atomic E-state index is 0.219. The summed E-state index contributed by atoms with van der Waals surface area (Å²) >= 11 is 0. The van der Waals surface area contributed by atoms with Crippen LogP contribution in [0.3, 0.4) is 0 Å². The van der Waals surface area contributed by atoms with Gasteiger partial charge >= 0.3 is 0 Å². The van der Waals surface area contributed by atoms with E-state index in [9.17, 15) is 5.21 Å². The van der Waals surface area contributed by atoms with Crippen molar-refractivity contribution in [1.82, 2.24) is 0 Å². The highest BCUT2D eigenvalue weighted by atomic mass is 16.5. The molecule has 0 amide bonds. The van der Waals surface area contributed by atoms with Crippen LogP contribution in [0.5, 0.6) is 0 Å². The Balaban J connectivity index is 1.95. The summed E-state index contributed by atoms with van der Waals surface area (Å²) in [4.78, 5) is 0. The van der Waals surface area contributed by atoms with Gasteiger partial charge in [-0.25, -0.2) is 5.21 Å². The maximum Gasteiger partial charge on any atom is 0.129 e. The van der Waals surface area contributed by atoms with Crippen LogP contribution in [0.15, 0.2) is 0 Å². The van der Waals surface area contributed by atoms with Crippen LogP contribution in [0.1, 0.15) is 38.5 Å². The molecule has 4 rings (SSSR count). The fraction of sp³-hybridized carbons (Fsp3) is 1.00. The first-order valence-electron chi connectivity index (χ1n) is 6.05. The van der Waals surface area contributed by atoms with E-state index in [4.69, 9.17) is 0 Å². The van der Waals surface area contributed by atoms with Crippen molar-refractivity contribution in [1.29, 1.82) is 0 Å². The number of nitrogens with zero attached hydrogens (tertiary/aromatic N) is 1. The predicted molar refractivity (Wildman–Crippen MR) is 54.8 cm³/mol. The molecule has 0 saturated heterocycles. The van der Waals surface area contributed by atoms with Gasteiger partial charge < -0.3 is 0 Å². The second kappa shape index (κ2) is 2.53. The molecule has 2 heteroatoms. The lowest BCUT2D eigenvalue weighted by Gasteiger charge is -2.59. The quantitative estimate of drug-likeness (QED) is 0.504. The van der Waals surface area contributed by atoms with Crippen molar-refractivity contribution in [3.8, 4) is 0 Å². The first kappa shape index (κ1) is 9.17. The normalized spacial score (nSPS) is 51.2. The van der Waals surface area contributed by atoms with Crippen LogP contribution in [0.25, 0.3) is 0 Å². The maximum absolute atomic E-state index is 10.3. The third-order valence-corrected chi connectivity index (χ3v) is 5.17. The van der Waals surface area contributed by atoms with Crippen molar-refractivity contribution < 1.29 is 9.85 Å². The van der Waals surface area contributed by atoms with E-state index in [-0.39, 0.29) is 10.2 Å². The maximum atomic E-state index is 10.3. The Morgan fingerprint density at radius 2 is 1.29 bits per heavy atom. The molecule has 4 fully saturated rings. The third kappa shape index (κ3) is 1.10. The highest BCUT2D eigenvalue weighted by molar-refractivity contribution is 5.02. The molecule has 4 aliphatic carbocycles. The summed E-state index contributed by atoms with van der Waals surface area (Å²) in [6.45, 7) is 0. The minimum absolute atomic E-state index is 0.219.